The molecule has 5 rings (SSSR count). The van der Waals surface area contributed by atoms with E-state index in [2.05, 4.69) is 0 Å². The van der Waals surface area contributed by atoms with E-state index < -0.39 is 5.97 Å². The average Bonchev–Trinajstić information content (AvgIpc) is 3.47. The van der Waals surface area contributed by atoms with Crippen molar-refractivity contribution in [3.8, 4) is 0 Å². The van der Waals surface area contributed by atoms with Crippen LogP contribution in [0.4, 0.5) is 5.69 Å². The van der Waals surface area contributed by atoms with Crippen molar-refractivity contribution in [2.45, 2.75) is 20.3 Å². The minimum atomic E-state index is -0.675. The Hall–Kier alpha value is -3.54. The van der Waals surface area contributed by atoms with Crippen molar-refractivity contribution in [3.63, 3.8) is 0 Å². The van der Waals surface area contributed by atoms with Crippen LogP contribution >= 0.6 is 0 Å². The van der Waals surface area contributed by atoms with E-state index >= 15 is 0 Å². The molecule has 6 nitrogen and oxygen atoms in total. The number of hydrogen-bond acceptors (Lipinski definition) is 5. The number of benzene rings is 2. The van der Waals surface area contributed by atoms with Gasteiger partial charge in [-0.1, -0.05) is 35.9 Å². The zero-order chi connectivity index (χ0) is 22.6. The summed E-state index contributed by atoms with van der Waals surface area (Å²) in [6.45, 7) is 3.34. The summed E-state index contributed by atoms with van der Waals surface area (Å²) in [6, 6.07) is 11.8. The lowest BCUT2D eigenvalue weighted by Crippen LogP contribution is -2.33. The molecule has 1 heterocycles. The van der Waals surface area contributed by atoms with Gasteiger partial charge in [0.15, 0.2) is 6.61 Å². The molecule has 6 heteroatoms. The number of ether oxygens (including phenoxy) is 1. The van der Waals surface area contributed by atoms with Crippen molar-refractivity contribution in [2.24, 2.45) is 23.7 Å². The average molecular weight is 429 g/mol. The van der Waals surface area contributed by atoms with Gasteiger partial charge in [0, 0.05) is 5.56 Å². The fourth-order valence-corrected chi connectivity index (χ4v) is 5.26. The lowest BCUT2D eigenvalue weighted by atomic mass is 9.85. The van der Waals surface area contributed by atoms with Crippen LogP contribution in [0.3, 0.4) is 0 Å². The lowest BCUT2D eigenvalue weighted by Gasteiger charge is -2.18. The molecule has 2 fully saturated rings. The fourth-order valence-electron chi connectivity index (χ4n) is 5.26. The Kier molecular flexibility index (Phi) is 4.81. The van der Waals surface area contributed by atoms with E-state index in [0.29, 0.717) is 11.3 Å². The Morgan fingerprint density at radius 1 is 0.969 bits per heavy atom. The number of allylic oxidation sites excluding steroid dienone is 2. The molecule has 32 heavy (non-hydrogen) atoms. The smallest absolute Gasteiger partial charge is 0.338 e. The zero-order valence-electron chi connectivity index (χ0n) is 17.9. The summed E-state index contributed by atoms with van der Waals surface area (Å²) in [6.07, 6.45) is 4.95. The molecule has 0 radical (unpaired) electrons. The van der Waals surface area contributed by atoms with E-state index in [1.165, 1.54) is 11.0 Å². The number of hydrogen-bond donors (Lipinski definition) is 0. The first-order chi connectivity index (χ1) is 15.3. The highest BCUT2D eigenvalue weighted by Crippen LogP contribution is 2.53. The molecule has 0 aromatic heterocycles. The van der Waals surface area contributed by atoms with Crippen LogP contribution in [0.15, 0.2) is 54.6 Å². The van der Waals surface area contributed by atoms with Gasteiger partial charge in [0.25, 0.3) is 0 Å². The third-order valence-electron chi connectivity index (χ3n) is 6.84. The molecule has 162 valence electrons. The summed E-state index contributed by atoms with van der Waals surface area (Å²) in [4.78, 5) is 52.3. The molecule has 0 spiro atoms. The van der Waals surface area contributed by atoms with E-state index in [0.717, 1.165) is 17.5 Å². The first kappa shape index (κ1) is 20.4. The summed E-state index contributed by atoms with van der Waals surface area (Å²) in [5.74, 6) is -1.72. The minimum Gasteiger partial charge on any atom is -0.454 e. The lowest BCUT2D eigenvalue weighted by molar-refractivity contribution is -0.123. The highest BCUT2D eigenvalue weighted by Gasteiger charge is 2.59. The Bertz CT molecular complexity index is 1170. The summed E-state index contributed by atoms with van der Waals surface area (Å²) in [5.41, 5.74) is 2.85. The number of aryl methyl sites for hydroxylation is 2. The second kappa shape index (κ2) is 7.55. The molecule has 3 aliphatic rings. The van der Waals surface area contributed by atoms with Gasteiger partial charge >= 0.3 is 5.97 Å². The fraction of sp³-hybridized carbons (Fsp3) is 0.308. The molecule has 1 saturated carbocycles. The van der Waals surface area contributed by atoms with E-state index in [1.54, 1.807) is 24.3 Å². The van der Waals surface area contributed by atoms with Crippen molar-refractivity contribution in [2.75, 3.05) is 11.5 Å². The molecule has 2 bridgehead atoms. The van der Waals surface area contributed by atoms with Crippen molar-refractivity contribution < 1.29 is 23.9 Å². The summed E-state index contributed by atoms with van der Waals surface area (Å²) >= 11 is 0. The second-order valence-corrected chi connectivity index (χ2v) is 8.88. The number of fused-ring (bicyclic) bond motifs is 5. The van der Waals surface area contributed by atoms with Crippen molar-refractivity contribution >= 4 is 29.3 Å². The Labute approximate surface area is 185 Å². The van der Waals surface area contributed by atoms with Crippen LogP contribution in [-0.4, -0.2) is 30.2 Å². The van der Waals surface area contributed by atoms with Crippen molar-refractivity contribution in [3.05, 3.63) is 76.9 Å². The Balaban J connectivity index is 1.31. The Morgan fingerprint density at radius 3 is 2.34 bits per heavy atom. The first-order valence-corrected chi connectivity index (χ1v) is 10.8. The van der Waals surface area contributed by atoms with Gasteiger partial charge in [0.1, 0.15) is 0 Å². The monoisotopic (exact) mass is 429 g/mol. The van der Waals surface area contributed by atoms with E-state index in [9.17, 15) is 19.2 Å². The first-order valence-electron chi connectivity index (χ1n) is 10.8. The molecule has 0 N–H and O–H groups in total. The van der Waals surface area contributed by atoms with Crippen LogP contribution in [0.1, 0.15) is 38.3 Å². The zero-order valence-corrected chi connectivity index (χ0v) is 17.9. The number of ketones is 1. The van der Waals surface area contributed by atoms with E-state index in [-0.39, 0.29) is 53.4 Å². The summed E-state index contributed by atoms with van der Waals surface area (Å²) < 4.78 is 5.24. The number of anilines is 1. The van der Waals surface area contributed by atoms with Gasteiger partial charge in [0.05, 0.1) is 23.1 Å². The second-order valence-electron chi connectivity index (χ2n) is 8.88. The molecule has 4 atom stereocenters. The predicted octanol–water partition coefficient (Wildman–Crippen LogP) is 3.65. The van der Waals surface area contributed by atoms with Gasteiger partial charge in [-0.25, -0.2) is 9.69 Å². The Morgan fingerprint density at radius 2 is 1.66 bits per heavy atom. The van der Waals surface area contributed by atoms with Crippen molar-refractivity contribution in [1.82, 2.24) is 0 Å². The number of amides is 2. The third kappa shape index (κ3) is 3.18. The maximum absolute atomic E-state index is 13.0. The van der Waals surface area contributed by atoms with Gasteiger partial charge in [0.2, 0.25) is 17.6 Å². The number of imide groups is 1. The molecule has 4 unspecified atom stereocenters. The number of carbonyl (C=O) groups is 4. The normalized spacial score (nSPS) is 25.4. The standard InChI is InChI=1S/C26H23NO5/c1-14-6-7-15(2)20(10-14)21(28)13-32-26(31)18-4-3-5-19(12-18)27-24(29)22-16-8-9-17(11-16)23(22)25(27)30/h3-10,12,16-17,22-23H,11,13H2,1-2H3. The van der Waals surface area contributed by atoms with Crippen LogP contribution in [-0.2, 0) is 14.3 Å². The van der Waals surface area contributed by atoms with Gasteiger partial charge in [-0.05, 0) is 61.9 Å². The van der Waals surface area contributed by atoms with Crippen LogP contribution in [0, 0.1) is 37.5 Å². The number of Topliss-reactive ketones (excluding diaryl/α,β-unsaturated/α-hetero) is 1. The van der Waals surface area contributed by atoms with Gasteiger partial charge in [-0.15, -0.1) is 0 Å². The maximum Gasteiger partial charge on any atom is 0.338 e. The van der Waals surface area contributed by atoms with Gasteiger partial charge < -0.3 is 4.74 Å². The highest BCUT2D eigenvalue weighted by molar-refractivity contribution is 6.23. The van der Waals surface area contributed by atoms with E-state index in [1.807, 2.05) is 38.1 Å². The quantitative estimate of drug-likeness (QED) is 0.314. The largest absolute Gasteiger partial charge is 0.454 e. The number of carbonyl (C=O) groups excluding carboxylic acids is 4. The van der Waals surface area contributed by atoms with Crippen LogP contribution in [0.2, 0.25) is 0 Å². The summed E-state index contributed by atoms with van der Waals surface area (Å²) in [7, 11) is 0. The number of rotatable bonds is 5. The predicted molar refractivity (Wildman–Crippen MR) is 117 cm³/mol. The maximum atomic E-state index is 13.0. The van der Waals surface area contributed by atoms with Crippen LogP contribution in [0.5, 0.6) is 0 Å². The molecule has 2 amide bonds. The van der Waals surface area contributed by atoms with Crippen LogP contribution < -0.4 is 4.90 Å². The molecule has 2 aromatic carbocycles. The molecule has 2 aromatic rings. The van der Waals surface area contributed by atoms with Crippen molar-refractivity contribution in [1.29, 1.82) is 0 Å². The highest BCUT2D eigenvalue weighted by atomic mass is 16.5. The molecule has 1 saturated heterocycles. The van der Waals surface area contributed by atoms with Crippen LogP contribution in [0.25, 0.3) is 0 Å². The van der Waals surface area contributed by atoms with E-state index in [4.69, 9.17) is 4.74 Å². The topological polar surface area (TPSA) is 80.8 Å². The number of nitrogens with zero attached hydrogens (tertiary/aromatic N) is 1. The third-order valence-corrected chi connectivity index (χ3v) is 6.84. The molecular weight excluding hydrogens is 406 g/mol. The minimum absolute atomic E-state index is 0.121. The molecule has 2 aliphatic carbocycles. The van der Waals surface area contributed by atoms with Gasteiger partial charge in [-0.3, -0.25) is 14.4 Å². The number of esters is 1. The van der Waals surface area contributed by atoms with Gasteiger partial charge in [-0.2, -0.15) is 0 Å². The molecular formula is C26H23NO5. The molecule has 1 aliphatic heterocycles. The SMILES string of the molecule is Cc1ccc(C)c(C(=O)COC(=O)c2cccc(N3C(=O)C4C5C=CC(C5)C4C3=O)c2)c1. The summed E-state index contributed by atoms with van der Waals surface area (Å²) in [5, 5.41) is 0.